The van der Waals surface area contributed by atoms with Crippen LogP contribution in [0.4, 0.5) is 0 Å². The Bertz CT molecular complexity index is 726. The first kappa shape index (κ1) is 15.6. The van der Waals surface area contributed by atoms with Crippen molar-refractivity contribution < 1.29 is 8.42 Å². The fourth-order valence-electron chi connectivity index (χ4n) is 4.50. The summed E-state index contributed by atoms with van der Waals surface area (Å²) in [5, 5.41) is 0. The molecule has 1 aromatic carbocycles. The van der Waals surface area contributed by atoms with E-state index in [1.54, 1.807) is 16.4 Å². The molecule has 1 heterocycles. The molecule has 2 aliphatic carbocycles. The third-order valence-electron chi connectivity index (χ3n) is 6.76. The number of hydrogen-bond donors (Lipinski definition) is 0. The minimum atomic E-state index is -3.38. The Morgan fingerprint density at radius 2 is 1.70 bits per heavy atom. The highest BCUT2D eigenvalue weighted by atomic mass is 32.2. The van der Waals surface area contributed by atoms with Crippen LogP contribution in [0.1, 0.15) is 45.1 Å². The molecule has 0 N–H and O–H groups in total. The summed E-state index contributed by atoms with van der Waals surface area (Å²) < 4.78 is 28.2. The number of hydrogen-bond acceptors (Lipinski definition) is 2. The highest BCUT2D eigenvalue weighted by Crippen LogP contribution is 2.63. The lowest BCUT2D eigenvalue weighted by molar-refractivity contribution is 0.316. The van der Waals surface area contributed by atoms with Crippen LogP contribution in [0.15, 0.2) is 29.2 Å². The average Bonchev–Trinajstić information content (AvgIpc) is 3.33. The Kier molecular flexibility index (Phi) is 3.28. The van der Waals surface area contributed by atoms with Crippen molar-refractivity contribution in [3.63, 3.8) is 0 Å². The summed E-state index contributed by atoms with van der Waals surface area (Å²) in [6, 6.07) is 7.31. The molecule has 1 aliphatic heterocycles. The average molecular weight is 333 g/mol. The van der Waals surface area contributed by atoms with Crippen molar-refractivity contribution in [3.8, 4) is 0 Å². The molecule has 4 atom stereocenters. The van der Waals surface area contributed by atoms with Crippen LogP contribution in [0, 0.1) is 29.6 Å². The van der Waals surface area contributed by atoms with E-state index in [-0.39, 0.29) is 5.41 Å². The van der Waals surface area contributed by atoms with Gasteiger partial charge in [0.05, 0.1) is 4.90 Å². The van der Waals surface area contributed by atoms with E-state index in [1.807, 2.05) is 19.1 Å². The van der Waals surface area contributed by atoms with Gasteiger partial charge in [-0.1, -0.05) is 31.5 Å². The molecule has 0 radical (unpaired) electrons. The van der Waals surface area contributed by atoms with E-state index in [0.29, 0.717) is 29.3 Å². The van der Waals surface area contributed by atoms with E-state index >= 15 is 0 Å². The van der Waals surface area contributed by atoms with Crippen LogP contribution in [-0.2, 0) is 10.0 Å². The Morgan fingerprint density at radius 3 is 2.39 bits per heavy atom. The lowest BCUT2D eigenvalue weighted by atomic mass is 9.96. The second kappa shape index (κ2) is 4.82. The van der Waals surface area contributed by atoms with Gasteiger partial charge in [0.1, 0.15) is 0 Å². The topological polar surface area (TPSA) is 37.4 Å². The van der Waals surface area contributed by atoms with Crippen LogP contribution >= 0.6 is 0 Å². The molecule has 3 aliphatic rings. The first-order valence-corrected chi connectivity index (χ1v) is 10.2. The van der Waals surface area contributed by atoms with Gasteiger partial charge in [-0.15, -0.1) is 0 Å². The highest BCUT2D eigenvalue weighted by molar-refractivity contribution is 7.89. The van der Waals surface area contributed by atoms with Crippen LogP contribution in [0.3, 0.4) is 0 Å². The zero-order chi connectivity index (χ0) is 16.5. The van der Waals surface area contributed by atoms with E-state index in [4.69, 9.17) is 0 Å². The number of aryl methyl sites for hydroxylation is 1. The molecule has 2 saturated carbocycles. The van der Waals surface area contributed by atoms with Crippen LogP contribution in [0.2, 0.25) is 0 Å². The summed E-state index contributed by atoms with van der Waals surface area (Å²) in [5.41, 5.74) is 1.68. The zero-order valence-corrected chi connectivity index (χ0v) is 15.2. The summed E-state index contributed by atoms with van der Waals surface area (Å²) in [7, 11) is -3.38. The molecule has 126 valence electrons. The molecule has 4 heteroatoms. The maximum Gasteiger partial charge on any atom is 0.243 e. The molecular formula is C19H27NO2S. The molecular weight excluding hydrogens is 306 g/mol. The van der Waals surface area contributed by atoms with E-state index in [1.165, 1.54) is 25.7 Å². The van der Waals surface area contributed by atoms with Gasteiger partial charge in [-0.05, 0) is 67.4 Å². The normalized spacial score (nSPS) is 40.3. The summed E-state index contributed by atoms with van der Waals surface area (Å²) >= 11 is 0. The molecule has 1 saturated heterocycles. The third-order valence-corrected chi connectivity index (χ3v) is 8.59. The van der Waals surface area contributed by atoms with Gasteiger partial charge in [-0.2, -0.15) is 4.31 Å². The second-order valence-electron chi connectivity index (χ2n) is 8.76. The van der Waals surface area contributed by atoms with E-state index in [0.717, 1.165) is 11.5 Å². The maximum absolute atomic E-state index is 13.2. The second-order valence-corrected chi connectivity index (χ2v) is 10.7. The van der Waals surface area contributed by atoms with Crippen molar-refractivity contribution >= 4 is 10.0 Å². The molecule has 0 unspecified atom stereocenters. The SMILES string of the molecule is Cc1ccc(S(=O)(=O)N2C[C@H]3C[C@@]3(C)CC[C@@H]3C[C@@]3(C)C2)cc1. The van der Waals surface area contributed by atoms with E-state index < -0.39 is 10.0 Å². The van der Waals surface area contributed by atoms with Crippen molar-refractivity contribution in [3.05, 3.63) is 29.8 Å². The number of sulfonamides is 1. The minimum absolute atomic E-state index is 0.199. The largest absolute Gasteiger partial charge is 0.243 e. The Morgan fingerprint density at radius 1 is 1.04 bits per heavy atom. The lowest BCUT2D eigenvalue weighted by Crippen LogP contribution is -2.37. The molecule has 4 rings (SSSR count). The van der Waals surface area contributed by atoms with Crippen molar-refractivity contribution in [1.82, 2.24) is 4.31 Å². The molecule has 0 bridgehead atoms. The van der Waals surface area contributed by atoms with Crippen molar-refractivity contribution in [2.45, 2.75) is 51.3 Å². The van der Waals surface area contributed by atoms with Gasteiger partial charge in [0, 0.05) is 13.1 Å². The summed E-state index contributed by atoms with van der Waals surface area (Å²) in [5.74, 6) is 1.26. The number of fused-ring (bicyclic) bond motifs is 2. The van der Waals surface area contributed by atoms with Crippen LogP contribution < -0.4 is 0 Å². The monoisotopic (exact) mass is 333 g/mol. The maximum atomic E-state index is 13.2. The molecule has 1 aromatic rings. The molecule has 3 nitrogen and oxygen atoms in total. The third kappa shape index (κ3) is 2.64. The number of nitrogens with zero attached hydrogens (tertiary/aromatic N) is 1. The first-order chi connectivity index (χ1) is 10.7. The van der Waals surface area contributed by atoms with Gasteiger partial charge < -0.3 is 0 Å². The Balaban J connectivity index is 1.66. The molecule has 23 heavy (non-hydrogen) atoms. The standard InChI is InChI=1S/C19H27NO2S/c1-14-4-6-17(7-5-14)23(21,22)20-12-16-11-18(16,2)9-8-15-10-19(15,3)13-20/h4-7,15-16H,8-13H2,1-3H3/t15-,16-,18-,19+/m1/s1. The van der Waals surface area contributed by atoms with Gasteiger partial charge >= 0.3 is 0 Å². The van der Waals surface area contributed by atoms with Crippen LogP contribution in [0.25, 0.3) is 0 Å². The molecule has 0 spiro atoms. The lowest BCUT2D eigenvalue weighted by Gasteiger charge is -2.26. The van der Waals surface area contributed by atoms with Gasteiger partial charge in [0.2, 0.25) is 10.0 Å². The molecule has 0 aromatic heterocycles. The molecule has 3 fully saturated rings. The van der Waals surface area contributed by atoms with Gasteiger partial charge in [-0.25, -0.2) is 8.42 Å². The van der Waals surface area contributed by atoms with E-state index in [9.17, 15) is 8.42 Å². The first-order valence-electron chi connectivity index (χ1n) is 8.80. The summed E-state index contributed by atoms with van der Waals surface area (Å²) in [6.07, 6.45) is 4.93. The fraction of sp³-hybridized carbons (Fsp3) is 0.684. The smallest absolute Gasteiger partial charge is 0.207 e. The van der Waals surface area contributed by atoms with Crippen LogP contribution in [0.5, 0.6) is 0 Å². The zero-order valence-electron chi connectivity index (χ0n) is 14.4. The predicted octanol–water partition coefficient (Wildman–Crippen LogP) is 3.83. The Labute approximate surface area is 140 Å². The highest BCUT2D eigenvalue weighted by Gasteiger charge is 2.58. The van der Waals surface area contributed by atoms with Gasteiger partial charge in [0.15, 0.2) is 0 Å². The van der Waals surface area contributed by atoms with Gasteiger partial charge in [0.25, 0.3) is 0 Å². The fourth-order valence-corrected chi connectivity index (χ4v) is 6.12. The predicted molar refractivity (Wildman–Crippen MR) is 91.6 cm³/mol. The van der Waals surface area contributed by atoms with E-state index in [2.05, 4.69) is 13.8 Å². The van der Waals surface area contributed by atoms with Crippen molar-refractivity contribution in [2.75, 3.05) is 13.1 Å². The van der Waals surface area contributed by atoms with Gasteiger partial charge in [-0.3, -0.25) is 0 Å². The summed E-state index contributed by atoms with van der Waals surface area (Å²) in [6.45, 7) is 8.01. The molecule has 0 amide bonds. The van der Waals surface area contributed by atoms with Crippen LogP contribution in [-0.4, -0.2) is 25.8 Å². The Hall–Kier alpha value is -0.870. The number of benzene rings is 1. The quantitative estimate of drug-likeness (QED) is 0.825. The number of rotatable bonds is 2. The van der Waals surface area contributed by atoms with Crippen molar-refractivity contribution in [1.29, 1.82) is 0 Å². The minimum Gasteiger partial charge on any atom is -0.207 e. The van der Waals surface area contributed by atoms with Crippen molar-refractivity contribution in [2.24, 2.45) is 22.7 Å². The summed E-state index contributed by atoms with van der Waals surface area (Å²) in [4.78, 5) is 0.450.